The highest BCUT2D eigenvalue weighted by atomic mass is 35.5. The molecule has 0 saturated carbocycles. The second-order valence-electron chi connectivity index (χ2n) is 4.66. The molecular weight excluding hydrogens is 286 g/mol. The number of nitrogens with zero attached hydrogens (tertiary/aromatic N) is 2. The number of amides is 2. The molecule has 110 valence electrons. The fraction of sp³-hybridized carbons (Fsp3) is 0.833. The van der Waals surface area contributed by atoms with E-state index in [-0.39, 0.29) is 30.3 Å². The van der Waals surface area contributed by atoms with Gasteiger partial charge in [0.25, 0.3) is 0 Å². The fourth-order valence-corrected chi connectivity index (χ4v) is 3.54. The van der Waals surface area contributed by atoms with E-state index in [2.05, 4.69) is 5.32 Å². The molecule has 2 rings (SSSR count). The Bertz CT molecular complexity index is 322. The topological polar surface area (TPSA) is 52.7 Å². The Hall–Kier alpha value is -0.460. The van der Waals surface area contributed by atoms with Crippen molar-refractivity contribution in [2.24, 2.45) is 0 Å². The van der Waals surface area contributed by atoms with Crippen LogP contribution in [0.2, 0.25) is 0 Å². The zero-order valence-electron chi connectivity index (χ0n) is 11.3. The summed E-state index contributed by atoms with van der Waals surface area (Å²) >= 11 is 1.67. The van der Waals surface area contributed by atoms with Crippen LogP contribution in [0, 0.1) is 0 Å². The molecule has 0 aromatic rings. The number of hydrogen-bond donors (Lipinski definition) is 1. The zero-order chi connectivity index (χ0) is 13.0. The van der Waals surface area contributed by atoms with Crippen LogP contribution in [0.25, 0.3) is 0 Å². The molecule has 0 aliphatic carbocycles. The Labute approximate surface area is 124 Å². The second kappa shape index (κ2) is 7.97. The maximum Gasteiger partial charge on any atom is 0.246 e. The molecular formula is C12H22ClN3O2S. The van der Waals surface area contributed by atoms with Crippen molar-refractivity contribution in [2.45, 2.75) is 25.8 Å². The largest absolute Gasteiger partial charge is 0.340 e. The van der Waals surface area contributed by atoms with Crippen LogP contribution in [0.15, 0.2) is 0 Å². The first-order chi connectivity index (χ1) is 8.74. The summed E-state index contributed by atoms with van der Waals surface area (Å²) in [6.45, 7) is 5.24. The molecule has 2 aliphatic heterocycles. The maximum absolute atomic E-state index is 12.5. The van der Waals surface area contributed by atoms with Gasteiger partial charge in [0.05, 0.1) is 5.88 Å². The SMILES string of the molecule is CCC(=O)N1CSCC1C(=O)N1CCCNCC1.Cl. The van der Waals surface area contributed by atoms with E-state index < -0.39 is 0 Å². The molecule has 2 saturated heterocycles. The first kappa shape index (κ1) is 16.6. The van der Waals surface area contributed by atoms with Gasteiger partial charge >= 0.3 is 0 Å². The summed E-state index contributed by atoms with van der Waals surface area (Å²) in [6, 6.07) is -0.236. The van der Waals surface area contributed by atoms with Gasteiger partial charge in [-0.25, -0.2) is 0 Å². The summed E-state index contributed by atoms with van der Waals surface area (Å²) in [6.07, 6.45) is 1.47. The van der Waals surface area contributed by atoms with Gasteiger partial charge < -0.3 is 15.1 Å². The van der Waals surface area contributed by atoms with Crippen molar-refractivity contribution in [1.82, 2.24) is 15.1 Å². The molecule has 0 aromatic carbocycles. The van der Waals surface area contributed by atoms with Gasteiger partial charge in [0.1, 0.15) is 6.04 Å². The number of nitrogens with one attached hydrogen (secondary N) is 1. The van der Waals surface area contributed by atoms with Crippen molar-refractivity contribution in [3.63, 3.8) is 0 Å². The lowest BCUT2D eigenvalue weighted by Crippen LogP contribution is -2.49. The molecule has 2 heterocycles. The van der Waals surface area contributed by atoms with Crippen molar-refractivity contribution >= 4 is 36.0 Å². The molecule has 0 aromatic heterocycles. The zero-order valence-corrected chi connectivity index (χ0v) is 12.9. The second-order valence-corrected chi connectivity index (χ2v) is 5.66. The molecule has 1 atom stereocenters. The van der Waals surface area contributed by atoms with E-state index in [1.807, 2.05) is 11.8 Å². The summed E-state index contributed by atoms with van der Waals surface area (Å²) < 4.78 is 0. The third kappa shape index (κ3) is 4.00. The molecule has 2 fully saturated rings. The maximum atomic E-state index is 12.5. The van der Waals surface area contributed by atoms with E-state index in [4.69, 9.17) is 0 Å². The monoisotopic (exact) mass is 307 g/mol. The Morgan fingerprint density at radius 3 is 2.84 bits per heavy atom. The normalized spacial score (nSPS) is 23.7. The minimum absolute atomic E-state index is 0. The van der Waals surface area contributed by atoms with E-state index in [1.54, 1.807) is 16.7 Å². The minimum atomic E-state index is -0.236. The van der Waals surface area contributed by atoms with Crippen molar-refractivity contribution in [2.75, 3.05) is 37.8 Å². The highest BCUT2D eigenvalue weighted by Crippen LogP contribution is 2.23. The summed E-state index contributed by atoms with van der Waals surface area (Å²) in [4.78, 5) is 27.9. The van der Waals surface area contributed by atoms with E-state index in [1.165, 1.54) is 0 Å². The summed E-state index contributed by atoms with van der Waals surface area (Å²) in [5.41, 5.74) is 0. The van der Waals surface area contributed by atoms with Gasteiger partial charge in [-0.2, -0.15) is 0 Å². The lowest BCUT2D eigenvalue weighted by Gasteiger charge is -2.28. The average Bonchev–Trinajstić information content (AvgIpc) is 2.72. The van der Waals surface area contributed by atoms with Gasteiger partial charge in [0, 0.05) is 31.8 Å². The van der Waals surface area contributed by atoms with Gasteiger partial charge in [0.2, 0.25) is 11.8 Å². The van der Waals surface area contributed by atoms with Crippen molar-refractivity contribution in [1.29, 1.82) is 0 Å². The van der Waals surface area contributed by atoms with E-state index in [0.717, 1.165) is 38.4 Å². The quantitative estimate of drug-likeness (QED) is 0.809. The number of carbonyl (C=O) groups is 2. The van der Waals surface area contributed by atoms with Crippen LogP contribution in [-0.4, -0.2) is 65.5 Å². The van der Waals surface area contributed by atoms with Crippen molar-refractivity contribution in [3.8, 4) is 0 Å². The lowest BCUT2D eigenvalue weighted by molar-refractivity contribution is -0.143. The first-order valence-corrected chi connectivity index (χ1v) is 7.76. The number of halogens is 1. The molecule has 2 aliphatic rings. The molecule has 0 spiro atoms. The first-order valence-electron chi connectivity index (χ1n) is 6.60. The average molecular weight is 308 g/mol. The predicted molar refractivity (Wildman–Crippen MR) is 79.6 cm³/mol. The molecule has 0 bridgehead atoms. The fourth-order valence-electron chi connectivity index (χ4n) is 2.37. The lowest BCUT2D eigenvalue weighted by atomic mass is 10.2. The summed E-state index contributed by atoms with van der Waals surface area (Å²) in [7, 11) is 0. The van der Waals surface area contributed by atoms with Crippen LogP contribution in [0.3, 0.4) is 0 Å². The molecule has 5 nitrogen and oxygen atoms in total. The Morgan fingerprint density at radius 2 is 2.11 bits per heavy atom. The highest BCUT2D eigenvalue weighted by Gasteiger charge is 2.36. The van der Waals surface area contributed by atoms with Gasteiger partial charge in [0.15, 0.2) is 0 Å². The van der Waals surface area contributed by atoms with Gasteiger partial charge in [-0.1, -0.05) is 6.92 Å². The van der Waals surface area contributed by atoms with Gasteiger partial charge in [-0.3, -0.25) is 9.59 Å². The van der Waals surface area contributed by atoms with E-state index in [9.17, 15) is 9.59 Å². The Balaban J connectivity index is 0.00000180. The molecule has 1 N–H and O–H groups in total. The Kier molecular flexibility index (Phi) is 6.96. The number of carbonyl (C=O) groups excluding carboxylic acids is 2. The molecule has 7 heteroatoms. The summed E-state index contributed by atoms with van der Waals surface area (Å²) in [5, 5.41) is 3.29. The predicted octanol–water partition coefficient (Wildman–Crippen LogP) is 0.542. The van der Waals surface area contributed by atoms with Gasteiger partial charge in [-0.05, 0) is 13.0 Å². The molecule has 2 amide bonds. The van der Waals surface area contributed by atoms with E-state index >= 15 is 0 Å². The van der Waals surface area contributed by atoms with Gasteiger partial charge in [-0.15, -0.1) is 24.2 Å². The van der Waals surface area contributed by atoms with Crippen molar-refractivity contribution in [3.05, 3.63) is 0 Å². The third-order valence-electron chi connectivity index (χ3n) is 3.44. The Morgan fingerprint density at radius 1 is 1.32 bits per heavy atom. The van der Waals surface area contributed by atoms with Crippen LogP contribution in [0.4, 0.5) is 0 Å². The van der Waals surface area contributed by atoms with Crippen LogP contribution >= 0.6 is 24.2 Å². The van der Waals surface area contributed by atoms with Crippen LogP contribution in [0.1, 0.15) is 19.8 Å². The van der Waals surface area contributed by atoms with Crippen LogP contribution in [0.5, 0.6) is 0 Å². The molecule has 0 radical (unpaired) electrons. The minimum Gasteiger partial charge on any atom is -0.340 e. The van der Waals surface area contributed by atoms with Crippen LogP contribution < -0.4 is 5.32 Å². The number of rotatable bonds is 2. The standard InChI is InChI=1S/C12H21N3O2S.ClH/c1-2-11(16)15-9-18-8-10(15)12(17)14-6-3-4-13-5-7-14;/h10,13H,2-9H2,1H3;1H. The number of hydrogen-bond acceptors (Lipinski definition) is 4. The summed E-state index contributed by atoms with van der Waals surface area (Å²) in [5.74, 6) is 1.63. The smallest absolute Gasteiger partial charge is 0.246 e. The molecule has 19 heavy (non-hydrogen) atoms. The number of thioether (sulfide) groups is 1. The molecule has 1 unspecified atom stereocenters. The van der Waals surface area contributed by atoms with Crippen molar-refractivity contribution < 1.29 is 9.59 Å². The highest BCUT2D eigenvalue weighted by molar-refractivity contribution is 7.99. The van der Waals surface area contributed by atoms with E-state index in [0.29, 0.717) is 12.3 Å². The third-order valence-corrected chi connectivity index (χ3v) is 4.45. The van der Waals surface area contributed by atoms with Crippen LogP contribution in [-0.2, 0) is 9.59 Å².